The number of hydrogen-bond donors (Lipinski definition) is 0. The summed E-state index contributed by atoms with van der Waals surface area (Å²) in [7, 11) is 1.80. The van der Waals surface area contributed by atoms with Crippen molar-refractivity contribution in [2.24, 2.45) is 5.92 Å². The van der Waals surface area contributed by atoms with Gasteiger partial charge >= 0.3 is 0 Å². The van der Waals surface area contributed by atoms with Gasteiger partial charge in [-0.2, -0.15) is 0 Å². The Morgan fingerprint density at radius 1 is 1.46 bits per heavy atom. The van der Waals surface area contributed by atoms with E-state index < -0.39 is 0 Å². The Kier molecular flexibility index (Phi) is 3.74. The summed E-state index contributed by atoms with van der Waals surface area (Å²) in [5, 5.41) is 0. The number of methoxy groups -OCH3 is 1. The minimum absolute atomic E-state index is 0.0110. The van der Waals surface area contributed by atoms with E-state index in [4.69, 9.17) is 4.74 Å². The van der Waals surface area contributed by atoms with Gasteiger partial charge in [-0.15, -0.1) is 0 Å². The number of ether oxygens (including phenoxy) is 1. The normalized spacial score (nSPS) is 26.3. The SMILES string of the molecule is COC(C)(C)CN1CCCC(C)C1. The van der Waals surface area contributed by atoms with Crippen molar-refractivity contribution in [1.82, 2.24) is 4.90 Å². The molecule has 0 aliphatic carbocycles. The second-order valence-corrected chi connectivity index (χ2v) is 4.95. The lowest BCUT2D eigenvalue weighted by atomic mass is 9.98. The highest BCUT2D eigenvalue weighted by atomic mass is 16.5. The summed E-state index contributed by atoms with van der Waals surface area (Å²) in [6.45, 7) is 10.2. The molecule has 0 radical (unpaired) electrons. The van der Waals surface area contributed by atoms with E-state index in [9.17, 15) is 0 Å². The molecule has 0 aromatic carbocycles. The van der Waals surface area contributed by atoms with Crippen molar-refractivity contribution in [3.05, 3.63) is 0 Å². The quantitative estimate of drug-likeness (QED) is 0.668. The Morgan fingerprint density at radius 2 is 2.15 bits per heavy atom. The summed E-state index contributed by atoms with van der Waals surface area (Å²) in [6, 6.07) is 0. The van der Waals surface area contributed by atoms with Crippen LogP contribution in [0.3, 0.4) is 0 Å². The molecule has 0 N–H and O–H groups in total. The van der Waals surface area contributed by atoms with E-state index in [2.05, 4.69) is 25.7 Å². The number of nitrogens with zero attached hydrogens (tertiary/aromatic N) is 1. The van der Waals surface area contributed by atoms with Gasteiger partial charge in [-0.3, -0.25) is 0 Å². The molecule has 1 aliphatic rings. The van der Waals surface area contributed by atoms with E-state index in [1.54, 1.807) is 7.11 Å². The minimum atomic E-state index is 0.0110. The molecular weight excluding hydrogens is 162 g/mol. The molecule has 1 aliphatic heterocycles. The molecule has 1 fully saturated rings. The molecule has 2 nitrogen and oxygen atoms in total. The van der Waals surface area contributed by atoms with Gasteiger partial charge < -0.3 is 9.64 Å². The average Bonchev–Trinajstić information content (AvgIpc) is 2.03. The smallest absolute Gasteiger partial charge is 0.0749 e. The zero-order chi connectivity index (χ0) is 9.90. The van der Waals surface area contributed by atoms with Gasteiger partial charge in [0, 0.05) is 20.2 Å². The molecule has 1 rings (SSSR count). The maximum Gasteiger partial charge on any atom is 0.0749 e. The standard InChI is InChI=1S/C11H23NO/c1-10-6-5-7-12(8-10)9-11(2,3)13-4/h10H,5-9H2,1-4H3. The summed E-state index contributed by atoms with van der Waals surface area (Å²) in [4.78, 5) is 2.53. The second kappa shape index (κ2) is 4.43. The predicted molar refractivity (Wildman–Crippen MR) is 55.9 cm³/mol. The van der Waals surface area contributed by atoms with Gasteiger partial charge in [0.15, 0.2) is 0 Å². The number of likely N-dealkylation sites (tertiary alicyclic amines) is 1. The Balaban J connectivity index is 2.35. The molecule has 0 saturated carbocycles. The van der Waals surface area contributed by atoms with Crippen LogP contribution in [0.5, 0.6) is 0 Å². The first kappa shape index (κ1) is 11.0. The van der Waals surface area contributed by atoms with Crippen molar-refractivity contribution in [1.29, 1.82) is 0 Å². The second-order valence-electron chi connectivity index (χ2n) is 4.95. The molecule has 0 spiro atoms. The molecule has 1 unspecified atom stereocenters. The van der Waals surface area contributed by atoms with Crippen molar-refractivity contribution in [2.75, 3.05) is 26.7 Å². The van der Waals surface area contributed by atoms with E-state index in [1.165, 1.54) is 25.9 Å². The largest absolute Gasteiger partial charge is 0.377 e. The third-order valence-electron chi connectivity index (χ3n) is 2.90. The highest BCUT2D eigenvalue weighted by molar-refractivity contribution is 4.78. The summed E-state index contributed by atoms with van der Waals surface area (Å²) in [5.74, 6) is 0.862. The molecule has 1 heterocycles. The van der Waals surface area contributed by atoms with Gasteiger partial charge in [-0.05, 0) is 39.2 Å². The van der Waals surface area contributed by atoms with Crippen molar-refractivity contribution < 1.29 is 4.74 Å². The van der Waals surface area contributed by atoms with Crippen molar-refractivity contribution in [3.63, 3.8) is 0 Å². The van der Waals surface area contributed by atoms with Crippen LogP contribution in [-0.2, 0) is 4.74 Å². The highest BCUT2D eigenvalue weighted by Crippen LogP contribution is 2.18. The molecule has 1 atom stereocenters. The first-order chi connectivity index (χ1) is 6.03. The number of rotatable bonds is 3. The highest BCUT2D eigenvalue weighted by Gasteiger charge is 2.24. The van der Waals surface area contributed by atoms with Crippen LogP contribution in [0.1, 0.15) is 33.6 Å². The maximum absolute atomic E-state index is 5.43. The van der Waals surface area contributed by atoms with E-state index in [0.717, 1.165) is 12.5 Å². The Hall–Kier alpha value is -0.0800. The molecule has 0 amide bonds. The third-order valence-corrected chi connectivity index (χ3v) is 2.90. The summed E-state index contributed by atoms with van der Waals surface area (Å²) in [5.41, 5.74) is 0.0110. The topological polar surface area (TPSA) is 12.5 Å². The van der Waals surface area contributed by atoms with Crippen LogP contribution in [0.2, 0.25) is 0 Å². The van der Waals surface area contributed by atoms with Gasteiger partial charge in [-0.1, -0.05) is 6.92 Å². The number of piperidine rings is 1. The van der Waals surface area contributed by atoms with Crippen LogP contribution < -0.4 is 0 Å². The van der Waals surface area contributed by atoms with Crippen LogP contribution in [0.15, 0.2) is 0 Å². The van der Waals surface area contributed by atoms with E-state index in [-0.39, 0.29) is 5.60 Å². The number of hydrogen-bond acceptors (Lipinski definition) is 2. The van der Waals surface area contributed by atoms with E-state index in [0.29, 0.717) is 0 Å². The molecule has 13 heavy (non-hydrogen) atoms. The van der Waals surface area contributed by atoms with Gasteiger partial charge in [0.2, 0.25) is 0 Å². The Morgan fingerprint density at radius 3 is 2.69 bits per heavy atom. The fraction of sp³-hybridized carbons (Fsp3) is 1.00. The fourth-order valence-electron chi connectivity index (χ4n) is 2.03. The third kappa shape index (κ3) is 3.65. The maximum atomic E-state index is 5.43. The Labute approximate surface area is 82.3 Å². The molecule has 2 heteroatoms. The van der Waals surface area contributed by atoms with Crippen LogP contribution in [0.4, 0.5) is 0 Å². The van der Waals surface area contributed by atoms with Crippen LogP contribution in [0, 0.1) is 5.92 Å². The van der Waals surface area contributed by atoms with Crippen molar-refractivity contribution >= 4 is 0 Å². The fourth-order valence-corrected chi connectivity index (χ4v) is 2.03. The molecule has 78 valence electrons. The minimum Gasteiger partial charge on any atom is -0.377 e. The molecule has 0 aromatic rings. The molecule has 1 saturated heterocycles. The van der Waals surface area contributed by atoms with E-state index in [1.807, 2.05) is 0 Å². The lowest BCUT2D eigenvalue weighted by molar-refractivity contribution is -0.0156. The van der Waals surface area contributed by atoms with E-state index >= 15 is 0 Å². The predicted octanol–water partition coefficient (Wildman–Crippen LogP) is 2.14. The molecular formula is C11H23NO. The van der Waals surface area contributed by atoms with Crippen LogP contribution in [0.25, 0.3) is 0 Å². The van der Waals surface area contributed by atoms with Gasteiger partial charge in [0.1, 0.15) is 0 Å². The molecule has 0 aromatic heterocycles. The summed E-state index contributed by atoms with van der Waals surface area (Å²) in [6.07, 6.45) is 2.74. The lowest BCUT2D eigenvalue weighted by Gasteiger charge is -2.36. The zero-order valence-electron chi connectivity index (χ0n) is 9.47. The lowest BCUT2D eigenvalue weighted by Crippen LogP contribution is -2.44. The monoisotopic (exact) mass is 185 g/mol. The van der Waals surface area contributed by atoms with Crippen LogP contribution in [-0.4, -0.2) is 37.2 Å². The van der Waals surface area contributed by atoms with Gasteiger partial charge in [-0.25, -0.2) is 0 Å². The van der Waals surface area contributed by atoms with Crippen molar-refractivity contribution in [2.45, 2.75) is 39.2 Å². The van der Waals surface area contributed by atoms with Gasteiger partial charge in [0.05, 0.1) is 5.60 Å². The van der Waals surface area contributed by atoms with Crippen LogP contribution >= 0.6 is 0 Å². The average molecular weight is 185 g/mol. The van der Waals surface area contributed by atoms with Gasteiger partial charge in [0.25, 0.3) is 0 Å². The summed E-state index contributed by atoms with van der Waals surface area (Å²) >= 11 is 0. The molecule has 0 bridgehead atoms. The van der Waals surface area contributed by atoms with Crippen molar-refractivity contribution in [3.8, 4) is 0 Å². The zero-order valence-corrected chi connectivity index (χ0v) is 9.47. The summed E-state index contributed by atoms with van der Waals surface area (Å²) < 4.78 is 5.43. The first-order valence-corrected chi connectivity index (χ1v) is 5.31. The Bertz CT molecular complexity index is 156. The first-order valence-electron chi connectivity index (χ1n) is 5.31.